The predicted octanol–water partition coefficient (Wildman–Crippen LogP) is 6.44. The third-order valence-electron chi connectivity index (χ3n) is 10.9. The Morgan fingerprint density at radius 2 is 1.52 bits per heavy atom. The third-order valence-corrected chi connectivity index (χ3v) is 10.9. The van der Waals surface area contributed by atoms with E-state index in [0.717, 1.165) is 42.9 Å². The molecule has 4 aliphatic carbocycles. The highest BCUT2D eigenvalue weighted by Gasteiger charge is 2.62. The van der Waals surface area contributed by atoms with Crippen LogP contribution in [-0.2, 0) is 0 Å². The van der Waals surface area contributed by atoms with Crippen LogP contribution >= 0.6 is 0 Å². The van der Waals surface area contributed by atoms with Gasteiger partial charge in [-0.1, -0.05) is 53.9 Å². The van der Waals surface area contributed by atoms with Crippen LogP contribution in [-0.4, -0.2) is 22.4 Å². The number of rotatable bonds is 5. The van der Waals surface area contributed by atoms with Gasteiger partial charge in [0, 0.05) is 0 Å². The summed E-state index contributed by atoms with van der Waals surface area (Å²) in [5.41, 5.74) is 0.794. The average molecular weight is 405 g/mol. The summed E-state index contributed by atoms with van der Waals surface area (Å²) in [6, 6.07) is 0. The Morgan fingerprint density at radius 3 is 2.24 bits per heavy atom. The third kappa shape index (κ3) is 3.73. The molecule has 2 heteroatoms. The van der Waals surface area contributed by atoms with Crippen molar-refractivity contribution in [3.8, 4) is 0 Å². The fourth-order valence-corrected chi connectivity index (χ4v) is 9.22. The van der Waals surface area contributed by atoms with Crippen molar-refractivity contribution >= 4 is 0 Å². The fraction of sp³-hybridized carbons (Fsp3) is 1.00. The minimum Gasteiger partial charge on any atom is -0.393 e. The summed E-state index contributed by atoms with van der Waals surface area (Å²) in [7, 11) is 0. The SMILES string of the molecule is CC(C)CCC[C@@H](C)[C@H]1CC[C@H]2[C@@H]3[C@H](O)C[C@@H]4C[C@H](O)CC[C@]4(C)[C@H]3CC[C@]12C. The van der Waals surface area contributed by atoms with Crippen molar-refractivity contribution in [1.29, 1.82) is 0 Å². The van der Waals surface area contributed by atoms with Crippen LogP contribution in [0.5, 0.6) is 0 Å². The van der Waals surface area contributed by atoms with E-state index >= 15 is 0 Å². The van der Waals surface area contributed by atoms with Gasteiger partial charge in [0.1, 0.15) is 0 Å². The van der Waals surface area contributed by atoms with E-state index in [1.54, 1.807) is 0 Å². The molecule has 4 saturated carbocycles. The van der Waals surface area contributed by atoms with Gasteiger partial charge in [-0.15, -0.1) is 0 Å². The molecule has 2 N–H and O–H groups in total. The maximum atomic E-state index is 11.4. The minimum absolute atomic E-state index is 0.131. The van der Waals surface area contributed by atoms with Gasteiger partial charge in [-0.3, -0.25) is 0 Å². The molecule has 0 aromatic rings. The van der Waals surface area contributed by atoms with Crippen LogP contribution in [0.1, 0.15) is 105 Å². The molecule has 168 valence electrons. The van der Waals surface area contributed by atoms with Gasteiger partial charge in [-0.05, 0) is 104 Å². The lowest BCUT2D eigenvalue weighted by Crippen LogP contribution is -2.58. The van der Waals surface area contributed by atoms with Crippen molar-refractivity contribution in [3.63, 3.8) is 0 Å². The lowest BCUT2D eigenvalue weighted by atomic mass is 9.43. The molecule has 4 aliphatic rings. The second-order valence-corrected chi connectivity index (χ2v) is 12.8. The summed E-state index contributed by atoms with van der Waals surface area (Å²) in [5.74, 6) is 4.94. The molecule has 0 saturated heterocycles. The van der Waals surface area contributed by atoms with Crippen LogP contribution in [0.3, 0.4) is 0 Å². The first-order valence-corrected chi connectivity index (χ1v) is 13.0. The molecule has 29 heavy (non-hydrogen) atoms. The molecule has 0 bridgehead atoms. The monoisotopic (exact) mass is 404 g/mol. The predicted molar refractivity (Wildman–Crippen MR) is 120 cm³/mol. The maximum absolute atomic E-state index is 11.4. The summed E-state index contributed by atoms with van der Waals surface area (Å²) < 4.78 is 0. The molecule has 0 unspecified atom stereocenters. The van der Waals surface area contributed by atoms with Crippen molar-refractivity contribution in [1.82, 2.24) is 0 Å². The van der Waals surface area contributed by atoms with Crippen LogP contribution in [0.2, 0.25) is 0 Å². The maximum Gasteiger partial charge on any atom is 0.0577 e. The number of aliphatic hydroxyl groups is 2. The smallest absolute Gasteiger partial charge is 0.0577 e. The Morgan fingerprint density at radius 1 is 0.828 bits per heavy atom. The Hall–Kier alpha value is -0.0800. The van der Waals surface area contributed by atoms with Gasteiger partial charge < -0.3 is 10.2 Å². The Kier molecular flexibility index (Phi) is 6.19. The van der Waals surface area contributed by atoms with Crippen LogP contribution in [0, 0.1) is 52.3 Å². The molecule has 0 aromatic heterocycles. The molecule has 0 amide bonds. The molecule has 0 heterocycles. The first-order valence-electron chi connectivity index (χ1n) is 13.0. The van der Waals surface area contributed by atoms with E-state index in [0.29, 0.717) is 28.6 Å². The van der Waals surface area contributed by atoms with E-state index in [9.17, 15) is 10.2 Å². The molecular weight excluding hydrogens is 356 g/mol. The molecule has 4 fully saturated rings. The Labute approximate surface area is 180 Å². The highest BCUT2D eigenvalue weighted by atomic mass is 16.3. The molecule has 2 nitrogen and oxygen atoms in total. The lowest BCUT2D eigenvalue weighted by Gasteiger charge is -2.62. The van der Waals surface area contributed by atoms with E-state index in [2.05, 4.69) is 34.6 Å². The van der Waals surface area contributed by atoms with Gasteiger partial charge in [0.25, 0.3) is 0 Å². The standard InChI is InChI=1S/C27H48O2/c1-17(2)7-6-8-18(3)21-9-10-22-25-23(12-14-27(21,22)5)26(4)13-11-20(28)15-19(26)16-24(25)29/h17-25,28-29H,6-16H2,1-5H3/t18-,19+,20-,21-,22+,23+,24-,25+,26+,27-/m1/s1. The van der Waals surface area contributed by atoms with Gasteiger partial charge in [0.2, 0.25) is 0 Å². The molecule has 0 spiro atoms. The number of hydrogen-bond acceptors (Lipinski definition) is 2. The summed E-state index contributed by atoms with van der Waals surface area (Å²) in [4.78, 5) is 0. The largest absolute Gasteiger partial charge is 0.393 e. The van der Waals surface area contributed by atoms with Crippen LogP contribution in [0.25, 0.3) is 0 Å². The summed E-state index contributed by atoms with van der Waals surface area (Å²) in [5, 5.41) is 21.6. The molecule has 0 aliphatic heterocycles. The molecule has 4 rings (SSSR count). The van der Waals surface area contributed by atoms with Crippen molar-refractivity contribution in [2.24, 2.45) is 52.3 Å². The first-order chi connectivity index (χ1) is 13.7. The van der Waals surface area contributed by atoms with Gasteiger partial charge >= 0.3 is 0 Å². The summed E-state index contributed by atoms with van der Waals surface area (Å²) in [6.07, 6.45) is 13.3. The van der Waals surface area contributed by atoms with Gasteiger partial charge in [-0.25, -0.2) is 0 Å². The molecule has 10 atom stereocenters. The first kappa shape index (κ1) is 22.1. The van der Waals surface area contributed by atoms with E-state index < -0.39 is 0 Å². The Balaban J connectivity index is 1.50. The van der Waals surface area contributed by atoms with Gasteiger partial charge in [0.15, 0.2) is 0 Å². The second-order valence-electron chi connectivity index (χ2n) is 12.8. The topological polar surface area (TPSA) is 40.5 Å². The summed E-state index contributed by atoms with van der Waals surface area (Å²) >= 11 is 0. The zero-order valence-electron chi connectivity index (χ0n) is 19.9. The normalized spacial score (nSPS) is 50.7. The van der Waals surface area contributed by atoms with Crippen molar-refractivity contribution < 1.29 is 10.2 Å². The highest BCUT2D eigenvalue weighted by Crippen LogP contribution is 2.68. The highest BCUT2D eigenvalue weighted by molar-refractivity contribution is 5.11. The zero-order chi connectivity index (χ0) is 21.0. The average Bonchev–Trinajstić information content (AvgIpc) is 3.00. The van der Waals surface area contributed by atoms with Crippen LogP contribution in [0.4, 0.5) is 0 Å². The van der Waals surface area contributed by atoms with E-state index in [4.69, 9.17) is 0 Å². The molecule has 0 radical (unpaired) electrons. The molecular formula is C27H48O2. The van der Waals surface area contributed by atoms with Crippen molar-refractivity contribution in [2.45, 2.75) is 117 Å². The zero-order valence-corrected chi connectivity index (χ0v) is 19.9. The van der Waals surface area contributed by atoms with E-state index in [1.807, 2.05) is 0 Å². The quantitative estimate of drug-likeness (QED) is 0.553. The van der Waals surface area contributed by atoms with Gasteiger partial charge in [0.05, 0.1) is 12.2 Å². The molecule has 0 aromatic carbocycles. The van der Waals surface area contributed by atoms with Crippen LogP contribution < -0.4 is 0 Å². The Bertz CT molecular complexity index is 573. The number of hydrogen-bond donors (Lipinski definition) is 2. The minimum atomic E-state index is -0.136. The van der Waals surface area contributed by atoms with Crippen molar-refractivity contribution in [2.75, 3.05) is 0 Å². The lowest BCUT2D eigenvalue weighted by molar-refractivity contribution is -0.174. The van der Waals surface area contributed by atoms with E-state index in [1.165, 1.54) is 51.4 Å². The van der Waals surface area contributed by atoms with Gasteiger partial charge in [-0.2, -0.15) is 0 Å². The summed E-state index contributed by atoms with van der Waals surface area (Å²) in [6.45, 7) is 12.4. The second kappa shape index (κ2) is 8.12. The van der Waals surface area contributed by atoms with Crippen LogP contribution in [0.15, 0.2) is 0 Å². The number of aliphatic hydroxyl groups excluding tert-OH is 2. The fourth-order valence-electron chi connectivity index (χ4n) is 9.22. The van der Waals surface area contributed by atoms with Crippen molar-refractivity contribution in [3.05, 3.63) is 0 Å². The van der Waals surface area contributed by atoms with E-state index in [-0.39, 0.29) is 12.2 Å². The number of fused-ring (bicyclic) bond motifs is 5.